The van der Waals surface area contributed by atoms with E-state index in [9.17, 15) is 17.9 Å². The van der Waals surface area contributed by atoms with Gasteiger partial charge in [0, 0.05) is 11.0 Å². The van der Waals surface area contributed by atoms with Gasteiger partial charge in [-0.15, -0.1) is 0 Å². The van der Waals surface area contributed by atoms with Gasteiger partial charge >= 0.3 is 0 Å². The zero-order valence-electron chi connectivity index (χ0n) is 9.44. The van der Waals surface area contributed by atoms with Crippen LogP contribution in [0, 0.1) is 11.7 Å². The molecule has 1 atom stereocenters. The lowest BCUT2D eigenvalue weighted by atomic mass is 10.2. The van der Waals surface area contributed by atoms with E-state index in [4.69, 9.17) is 0 Å². The Labute approximate surface area is 113 Å². The summed E-state index contributed by atoms with van der Waals surface area (Å²) in [5.41, 5.74) is 0. The van der Waals surface area contributed by atoms with Crippen LogP contribution in [-0.2, 0) is 10.0 Å². The van der Waals surface area contributed by atoms with E-state index in [1.807, 2.05) is 0 Å². The summed E-state index contributed by atoms with van der Waals surface area (Å²) in [6, 6.07) is 3.44. The normalized spacial score (nSPS) is 17.7. The van der Waals surface area contributed by atoms with Gasteiger partial charge in [-0.05, 0) is 52.9 Å². The van der Waals surface area contributed by atoms with E-state index in [0.717, 1.165) is 18.9 Å². The van der Waals surface area contributed by atoms with Crippen molar-refractivity contribution in [3.05, 3.63) is 28.5 Å². The molecule has 1 aromatic carbocycles. The van der Waals surface area contributed by atoms with Gasteiger partial charge in [-0.25, -0.2) is 17.5 Å². The zero-order chi connectivity index (χ0) is 13.3. The molecule has 1 fully saturated rings. The second-order valence-corrected chi connectivity index (χ2v) is 6.92. The molecule has 0 aromatic heterocycles. The number of aliphatic hydroxyl groups is 1. The number of sulfonamides is 1. The van der Waals surface area contributed by atoms with Gasteiger partial charge in [0.05, 0.1) is 11.0 Å². The average Bonchev–Trinajstić information content (AvgIpc) is 3.13. The van der Waals surface area contributed by atoms with Crippen LogP contribution in [-0.4, -0.2) is 26.2 Å². The van der Waals surface area contributed by atoms with E-state index in [1.165, 1.54) is 12.1 Å². The fourth-order valence-corrected chi connectivity index (χ4v) is 3.63. The molecule has 100 valence electrons. The van der Waals surface area contributed by atoms with Gasteiger partial charge in [0.2, 0.25) is 10.0 Å². The summed E-state index contributed by atoms with van der Waals surface area (Å²) in [5.74, 6) is -0.440. The van der Waals surface area contributed by atoms with Crippen LogP contribution in [0.25, 0.3) is 0 Å². The number of benzene rings is 1. The first-order valence-corrected chi connectivity index (χ1v) is 7.80. The molecule has 1 aromatic rings. The Hall–Kier alpha value is -0.500. The van der Waals surface area contributed by atoms with Crippen LogP contribution < -0.4 is 4.72 Å². The minimum atomic E-state index is -3.81. The van der Waals surface area contributed by atoms with Crippen molar-refractivity contribution in [3.8, 4) is 0 Å². The number of aliphatic hydroxyl groups excluding tert-OH is 1. The summed E-state index contributed by atoms with van der Waals surface area (Å²) in [6.45, 7) is -0.0457. The average molecular weight is 338 g/mol. The molecule has 0 heterocycles. The lowest BCUT2D eigenvalue weighted by Crippen LogP contribution is -2.33. The van der Waals surface area contributed by atoms with Crippen molar-refractivity contribution in [1.82, 2.24) is 4.72 Å². The predicted octanol–water partition coefficient (Wildman–Crippen LogP) is 1.64. The summed E-state index contributed by atoms with van der Waals surface area (Å²) < 4.78 is 39.5. The van der Waals surface area contributed by atoms with Crippen LogP contribution in [0.1, 0.15) is 12.8 Å². The van der Waals surface area contributed by atoms with Crippen LogP contribution in [0.3, 0.4) is 0 Å². The summed E-state index contributed by atoms with van der Waals surface area (Å²) in [7, 11) is -3.81. The maximum Gasteiger partial charge on any atom is 0.241 e. The minimum Gasteiger partial charge on any atom is -0.391 e. The SMILES string of the molecule is O=S(=O)(NC[C@@H](O)C1CC1)c1cc(F)ccc1Br. The third kappa shape index (κ3) is 3.28. The first-order valence-electron chi connectivity index (χ1n) is 5.53. The molecule has 2 rings (SSSR count). The van der Waals surface area contributed by atoms with E-state index in [-0.39, 0.29) is 21.8 Å². The third-order valence-electron chi connectivity index (χ3n) is 2.83. The van der Waals surface area contributed by atoms with Crippen molar-refractivity contribution < 1.29 is 17.9 Å². The quantitative estimate of drug-likeness (QED) is 0.858. The van der Waals surface area contributed by atoms with Crippen molar-refractivity contribution in [2.45, 2.75) is 23.8 Å². The van der Waals surface area contributed by atoms with Gasteiger partial charge in [-0.1, -0.05) is 0 Å². The Morgan fingerprint density at radius 1 is 1.50 bits per heavy atom. The van der Waals surface area contributed by atoms with Gasteiger partial charge in [0.25, 0.3) is 0 Å². The molecule has 0 aliphatic heterocycles. The van der Waals surface area contributed by atoms with Crippen LogP contribution in [0.15, 0.2) is 27.6 Å². The second-order valence-electron chi connectivity index (χ2n) is 4.33. The number of hydrogen-bond acceptors (Lipinski definition) is 3. The molecule has 0 spiro atoms. The number of rotatable bonds is 5. The summed E-state index contributed by atoms with van der Waals surface area (Å²) in [6.07, 6.45) is 1.17. The fraction of sp³-hybridized carbons (Fsp3) is 0.455. The molecule has 4 nitrogen and oxygen atoms in total. The van der Waals surface area contributed by atoms with Gasteiger partial charge < -0.3 is 5.11 Å². The van der Waals surface area contributed by atoms with E-state index < -0.39 is 21.9 Å². The molecular weight excluding hydrogens is 325 g/mol. The number of hydrogen-bond donors (Lipinski definition) is 2. The standard InChI is InChI=1S/C11H13BrFNO3S/c12-9-4-3-8(13)5-11(9)18(16,17)14-6-10(15)7-1-2-7/h3-5,7,10,14-15H,1-2,6H2/t10-/m1/s1. The van der Waals surface area contributed by atoms with Crippen molar-refractivity contribution >= 4 is 26.0 Å². The molecule has 18 heavy (non-hydrogen) atoms. The lowest BCUT2D eigenvalue weighted by molar-refractivity contribution is 0.155. The Kier molecular flexibility index (Phi) is 4.05. The van der Waals surface area contributed by atoms with Crippen LogP contribution in [0.2, 0.25) is 0 Å². The Bertz CT molecular complexity index is 545. The highest BCUT2D eigenvalue weighted by Crippen LogP contribution is 2.32. The first kappa shape index (κ1) is 13.9. The molecule has 1 saturated carbocycles. The van der Waals surface area contributed by atoms with Crippen molar-refractivity contribution in [1.29, 1.82) is 0 Å². The molecular formula is C11H13BrFNO3S. The molecule has 0 bridgehead atoms. The maximum absolute atomic E-state index is 13.1. The molecule has 2 N–H and O–H groups in total. The summed E-state index contributed by atoms with van der Waals surface area (Å²) in [5, 5.41) is 9.61. The first-order chi connectivity index (χ1) is 8.40. The largest absolute Gasteiger partial charge is 0.391 e. The Morgan fingerprint density at radius 2 is 2.17 bits per heavy atom. The molecule has 7 heteroatoms. The monoisotopic (exact) mass is 337 g/mol. The lowest BCUT2D eigenvalue weighted by Gasteiger charge is -2.12. The van der Waals surface area contributed by atoms with E-state index in [1.54, 1.807) is 0 Å². The third-order valence-corrected chi connectivity index (χ3v) is 5.25. The van der Waals surface area contributed by atoms with Gasteiger partial charge in [0.15, 0.2) is 0 Å². The van der Waals surface area contributed by atoms with Crippen molar-refractivity contribution in [2.75, 3.05) is 6.54 Å². The van der Waals surface area contributed by atoms with Crippen molar-refractivity contribution in [2.24, 2.45) is 5.92 Å². The summed E-state index contributed by atoms with van der Waals surface area (Å²) >= 11 is 3.07. The highest BCUT2D eigenvalue weighted by molar-refractivity contribution is 9.10. The van der Waals surface area contributed by atoms with Crippen LogP contribution >= 0.6 is 15.9 Å². The molecule has 1 aliphatic carbocycles. The highest BCUT2D eigenvalue weighted by atomic mass is 79.9. The predicted molar refractivity (Wildman–Crippen MR) is 68.0 cm³/mol. The number of nitrogens with one attached hydrogen (secondary N) is 1. The molecule has 0 unspecified atom stereocenters. The van der Waals surface area contributed by atoms with Gasteiger partial charge in [-0.2, -0.15) is 0 Å². The number of halogens is 2. The smallest absolute Gasteiger partial charge is 0.241 e. The van der Waals surface area contributed by atoms with Gasteiger partial charge in [0.1, 0.15) is 5.82 Å². The zero-order valence-corrected chi connectivity index (χ0v) is 11.8. The van der Waals surface area contributed by atoms with Crippen LogP contribution in [0.5, 0.6) is 0 Å². The Balaban J connectivity index is 2.11. The van der Waals surface area contributed by atoms with Crippen molar-refractivity contribution in [3.63, 3.8) is 0 Å². The van der Waals surface area contributed by atoms with E-state index in [2.05, 4.69) is 20.7 Å². The summed E-state index contributed by atoms with van der Waals surface area (Å²) in [4.78, 5) is -0.162. The Morgan fingerprint density at radius 3 is 2.78 bits per heavy atom. The van der Waals surface area contributed by atoms with E-state index in [0.29, 0.717) is 0 Å². The molecule has 0 radical (unpaired) electrons. The minimum absolute atomic E-state index is 0.0457. The highest BCUT2D eigenvalue weighted by Gasteiger charge is 2.30. The second kappa shape index (κ2) is 5.24. The topological polar surface area (TPSA) is 66.4 Å². The van der Waals surface area contributed by atoms with Crippen LogP contribution in [0.4, 0.5) is 4.39 Å². The maximum atomic E-state index is 13.1. The molecule has 1 aliphatic rings. The fourth-order valence-electron chi connectivity index (χ4n) is 1.60. The molecule has 0 saturated heterocycles. The van der Waals surface area contributed by atoms with Gasteiger partial charge in [-0.3, -0.25) is 0 Å². The molecule has 0 amide bonds. The van der Waals surface area contributed by atoms with E-state index >= 15 is 0 Å².